The predicted molar refractivity (Wildman–Crippen MR) is 147 cm³/mol. The Morgan fingerprint density at radius 2 is 1.97 bits per heavy atom. The highest BCUT2D eigenvalue weighted by Gasteiger charge is 2.59. The molecule has 0 aromatic heterocycles. The zero-order valence-electron chi connectivity index (χ0n) is 22.0. The van der Waals surface area contributed by atoms with Crippen molar-refractivity contribution in [2.45, 2.75) is 66.7 Å². The summed E-state index contributed by atoms with van der Waals surface area (Å²) < 4.78 is 0. The van der Waals surface area contributed by atoms with Crippen LogP contribution in [0.25, 0.3) is 5.57 Å². The summed E-state index contributed by atoms with van der Waals surface area (Å²) in [6.45, 7) is 20.8. The molecule has 0 amide bonds. The highest BCUT2D eigenvalue weighted by atomic mass is 14.6. The van der Waals surface area contributed by atoms with Gasteiger partial charge in [0.05, 0.1) is 0 Å². The van der Waals surface area contributed by atoms with Crippen molar-refractivity contribution >= 4 is 5.57 Å². The summed E-state index contributed by atoms with van der Waals surface area (Å²) in [6.07, 6.45) is 18.1. The summed E-state index contributed by atoms with van der Waals surface area (Å²) in [5.41, 5.74) is 10.6. The van der Waals surface area contributed by atoms with Gasteiger partial charge in [-0.25, -0.2) is 0 Å². The topological polar surface area (TPSA) is 0 Å². The van der Waals surface area contributed by atoms with Crippen LogP contribution in [0.5, 0.6) is 0 Å². The average Bonchev–Trinajstić information content (AvgIpc) is 3.13. The van der Waals surface area contributed by atoms with Gasteiger partial charge in [-0.05, 0) is 104 Å². The number of hydrogen-bond acceptors (Lipinski definition) is 0. The first-order chi connectivity index (χ1) is 16.2. The number of hydrogen-bond donors (Lipinski definition) is 0. The lowest BCUT2D eigenvalue weighted by molar-refractivity contribution is 0.103. The second kappa shape index (κ2) is 8.40. The van der Waals surface area contributed by atoms with E-state index in [0.717, 1.165) is 12.0 Å². The van der Waals surface area contributed by atoms with Gasteiger partial charge < -0.3 is 0 Å². The van der Waals surface area contributed by atoms with Gasteiger partial charge in [0.25, 0.3) is 0 Å². The Hall–Kier alpha value is -2.34. The van der Waals surface area contributed by atoms with Crippen LogP contribution < -0.4 is 0 Å². The minimum atomic E-state index is 0.0836. The van der Waals surface area contributed by atoms with E-state index in [-0.39, 0.29) is 10.8 Å². The molecule has 4 aliphatic rings. The molecule has 178 valence electrons. The van der Waals surface area contributed by atoms with E-state index in [9.17, 15) is 0 Å². The minimum Gasteiger partial charge on any atom is -0.0995 e. The van der Waals surface area contributed by atoms with Gasteiger partial charge in [0.2, 0.25) is 0 Å². The quantitative estimate of drug-likeness (QED) is 0.401. The van der Waals surface area contributed by atoms with Gasteiger partial charge in [0.15, 0.2) is 0 Å². The largest absolute Gasteiger partial charge is 0.0995 e. The maximum atomic E-state index is 4.69. The molecule has 6 atom stereocenters. The zero-order valence-corrected chi connectivity index (χ0v) is 22.0. The van der Waals surface area contributed by atoms with E-state index < -0.39 is 0 Å². The number of rotatable bonds is 4. The Morgan fingerprint density at radius 3 is 2.68 bits per heavy atom. The number of benzene rings is 1. The van der Waals surface area contributed by atoms with E-state index >= 15 is 0 Å². The molecule has 0 radical (unpaired) electrons. The van der Waals surface area contributed by atoms with Crippen LogP contribution in [0.2, 0.25) is 0 Å². The second-order valence-electron chi connectivity index (χ2n) is 11.8. The van der Waals surface area contributed by atoms with Gasteiger partial charge in [-0.3, -0.25) is 0 Å². The fourth-order valence-corrected chi connectivity index (χ4v) is 8.39. The summed E-state index contributed by atoms with van der Waals surface area (Å²) in [5.74, 6) is 2.47. The van der Waals surface area contributed by atoms with Crippen molar-refractivity contribution in [2.75, 3.05) is 0 Å². The molecule has 0 spiro atoms. The Bertz CT molecular complexity index is 1150. The lowest BCUT2D eigenvalue weighted by atomic mass is 9.51. The molecule has 0 saturated heterocycles. The maximum Gasteiger partial charge on any atom is 0.0281 e. The van der Waals surface area contributed by atoms with Crippen LogP contribution in [0, 0.1) is 41.4 Å². The molecule has 1 aromatic carbocycles. The van der Waals surface area contributed by atoms with E-state index in [2.05, 4.69) is 102 Å². The first kappa shape index (κ1) is 23.4. The van der Waals surface area contributed by atoms with E-state index in [1.165, 1.54) is 42.4 Å². The fraction of sp³-hybridized carbons (Fsp3) is 0.471. The van der Waals surface area contributed by atoms with Gasteiger partial charge in [-0.2, -0.15) is 0 Å². The second-order valence-corrected chi connectivity index (χ2v) is 11.8. The smallest absolute Gasteiger partial charge is 0.0281 e. The molecule has 2 unspecified atom stereocenters. The summed E-state index contributed by atoms with van der Waals surface area (Å²) in [6, 6.07) is 8.98. The lowest BCUT2D eigenvalue weighted by Crippen LogP contribution is -2.43. The van der Waals surface area contributed by atoms with Crippen molar-refractivity contribution in [1.29, 1.82) is 0 Å². The summed E-state index contributed by atoms with van der Waals surface area (Å²) in [4.78, 5) is 0. The molecule has 0 aliphatic heterocycles. The molecular weight excluding hydrogens is 408 g/mol. The fourth-order valence-electron chi connectivity index (χ4n) is 8.39. The number of aryl methyl sites for hydroxylation is 1. The molecule has 34 heavy (non-hydrogen) atoms. The van der Waals surface area contributed by atoms with Crippen LogP contribution >= 0.6 is 0 Å². The van der Waals surface area contributed by atoms with Gasteiger partial charge in [-0.15, -0.1) is 0 Å². The predicted octanol–water partition coefficient (Wildman–Crippen LogP) is 9.42. The van der Waals surface area contributed by atoms with Gasteiger partial charge in [0.1, 0.15) is 0 Å². The maximum absolute atomic E-state index is 4.69. The van der Waals surface area contributed by atoms with Crippen molar-refractivity contribution < 1.29 is 0 Å². The Kier molecular flexibility index (Phi) is 5.78. The average molecular weight is 451 g/mol. The molecule has 0 heteroatoms. The van der Waals surface area contributed by atoms with Crippen molar-refractivity contribution in [3.8, 4) is 0 Å². The van der Waals surface area contributed by atoms with Crippen LogP contribution in [-0.2, 0) is 0 Å². The molecule has 0 nitrogen and oxygen atoms in total. The molecule has 4 aliphatic carbocycles. The molecule has 1 aromatic rings. The van der Waals surface area contributed by atoms with E-state index in [1.807, 2.05) is 0 Å². The SMILES string of the molecule is C=C1C=C[C@@]2(C)C(=C1)CCC1C2=CC[C@@]2(C)C1C[C@H](/C(=C/C)c1ccccc1C)[C@@H]2C(=C)CC. The highest BCUT2D eigenvalue weighted by molar-refractivity contribution is 5.71. The molecule has 2 fully saturated rings. The standard InChI is InChI=1S/C34H42/c1-8-23(4)32-29(26(9-2)27-13-11-10-12-24(27)5)21-31-28-15-14-25-20-22(3)16-18-33(25,6)30(28)17-19-34(31,32)7/h9-13,16-18,20,28-29,31-32H,3-4,8,14-15,19,21H2,1-2,5-7H3/b26-9+/t28?,29-,31?,32+,33+,34+/m1/s1. The minimum absolute atomic E-state index is 0.0836. The molecule has 5 rings (SSSR count). The van der Waals surface area contributed by atoms with Crippen LogP contribution in [0.15, 0.2) is 90.1 Å². The van der Waals surface area contributed by atoms with Gasteiger partial charge >= 0.3 is 0 Å². The van der Waals surface area contributed by atoms with Crippen LogP contribution in [0.3, 0.4) is 0 Å². The third kappa shape index (κ3) is 3.32. The first-order valence-electron chi connectivity index (χ1n) is 13.4. The van der Waals surface area contributed by atoms with E-state index in [1.54, 1.807) is 16.7 Å². The zero-order chi connectivity index (χ0) is 24.3. The van der Waals surface area contributed by atoms with Gasteiger partial charge in [0, 0.05) is 5.41 Å². The molecule has 2 saturated carbocycles. The normalized spacial score (nSPS) is 36.9. The van der Waals surface area contributed by atoms with Crippen molar-refractivity contribution in [3.05, 3.63) is 101 Å². The van der Waals surface area contributed by atoms with Crippen LogP contribution in [-0.4, -0.2) is 0 Å². The van der Waals surface area contributed by atoms with Crippen molar-refractivity contribution in [3.63, 3.8) is 0 Å². The molecule has 0 N–H and O–H groups in total. The molecule has 0 heterocycles. The lowest BCUT2D eigenvalue weighted by Gasteiger charge is -2.52. The summed E-state index contributed by atoms with van der Waals surface area (Å²) >= 11 is 0. The third-order valence-electron chi connectivity index (χ3n) is 10.2. The van der Waals surface area contributed by atoms with Gasteiger partial charge in [-0.1, -0.05) is 98.4 Å². The monoisotopic (exact) mass is 450 g/mol. The van der Waals surface area contributed by atoms with E-state index in [0.29, 0.717) is 23.7 Å². The highest BCUT2D eigenvalue weighted by Crippen LogP contribution is 2.68. The molecular formula is C34H42. The Labute approximate surface area is 207 Å². The van der Waals surface area contributed by atoms with Crippen LogP contribution in [0.1, 0.15) is 70.9 Å². The summed E-state index contributed by atoms with van der Waals surface area (Å²) in [7, 11) is 0. The molecule has 0 bridgehead atoms. The number of allylic oxidation sites excluding steroid dienone is 10. The van der Waals surface area contributed by atoms with E-state index in [4.69, 9.17) is 0 Å². The first-order valence-corrected chi connectivity index (χ1v) is 13.4. The van der Waals surface area contributed by atoms with Crippen LogP contribution in [0.4, 0.5) is 0 Å². The summed E-state index contributed by atoms with van der Waals surface area (Å²) in [5, 5.41) is 0. The Morgan fingerprint density at radius 1 is 1.21 bits per heavy atom. The number of fused-ring (bicyclic) bond motifs is 5. The third-order valence-corrected chi connectivity index (χ3v) is 10.2. The Balaban J connectivity index is 1.58. The van der Waals surface area contributed by atoms with Crippen molar-refractivity contribution in [1.82, 2.24) is 0 Å². The van der Waals surface area contributed by atoms with Crippen molar-refractivity contribution in [2.24, 2.45) is 34.5 Å².